The van der Waals surface area contributed by atoms with Crippen molar-refractivity contribution < 1.29 is 38.5 Å². The SMILES string of the molecule is CC(C(=O)OCC(=O)OCCCCO[N+](=O)[O-])c1ccc2cc(OC(=O)CBr)ccc2c1. The van der Waals surface area contributed by atoms with Gasteiger partial charge in [0.05, 0.1) is 19.1 Å². The number of benzene rings is 2. The zero-order valence-corrected chi connectivity index (χ0v) is 18.9. The lowest BCUT2D eigenvalue weighted by Gasteiger charge is -2.13. The molecule has 0 fully saturated rings. The topological polar surface area (TPSA) is 131 Å². The molecule has 0 N–H and O–H groups in total. The largest absolute Gasteiger partial charge is 0.463 e. The second-order valence-corrected chi connectivity index (χ2v) is 7.25. The van der Waals surface area contributed by atoms with Gasteiger partial charge >= 0.3 is 17.9 Å². The van der Waals surface area contributed by atoms with Crippen LogP contribution in [-0.4, -0.2) is 48.1 Å². The van der Waals surface area contributed by atoms with Crippen LogP contribution >= 0.6 is 15.9 Å². The molecule has 0 aliphatic heterocycles. The molecule has 0 aliphatic carbocycles. The second kappa shape index (κ2) is 12.6. The molecule has 2 aromatic carbocycles. The standard InChI is InChI=1S/C21H22BrNO9/c1-14(21(26)30-13-20(25)29-8-2-3-9-31-23(27)28)15-4-5-17-11-18(32-19(24)12-22)7-6-16(17)10-15/h4-7,10-11,14H,2-3,8-9,12-13H2,1H3. The van der Waals surface area contributed by atoms with Crippen LogP contribution in [0.2, 0.25) is 0 Å². The summed E-state index contributed by atoms with van der Waals surface area (Å²) >= 11 is 3.04. The maximum Gasteiger partial charge on any atom is 0.344 e. The average molecular weight is 512 g/mol. The normalized spacial score (nSPS) is 11.4. The molecule has 0 amide bonds. The number of carbonyl (C=O) groups excluding carboxylic acids is 3. The number of esters is 3. The van der Waals surface area contributed by atoms with E-state index in [9.17, 15) is 24.5 Å². The van der Waals surface area contributed by atoms with Crippen molar-refractivity contribution in [3.63, 3.8) is 0 Å². The molecule has 0 aromatic heterocycles. The molecule has 0 spiro atoms. The molecule has 11 heteroatoms. The van der Waals surface area contributed by atoms with Crippen molar-refractivity contribution in [3.05, 3.63) is 52.1 Å². The zero-order chi connectivity index (χ0) is 23.5. The molecule has 2 aromatic rings. The van der Waals surface area contributed by atoms with Gasteiger partial charge < -0.3 is 19.0 Å². The number of hydrogen-bond acceptors (Lipinski definition) is 9. The fraction of sp³-hybridized carbons (Fsp3) is 0.381. The summed E-state index contributed by atoms with van der Waals surface area (Å²) in [7, 11) is 0. The summed E-state index contributed by atoms with van der Waals surface area (Å²) in [6.07, 6.45) is 0.742. The van der Waals surface area contributed by atoms with Crippen LogP contribution in [0.5, 0.6) is 5.75 Å². The minimum atomic E-state index is -0.887. The third-order valence-electron chi connectivity index (χ3n) is 4.36. The van der Waals surface area contributed by atoms with Crippen LogP contribution < -0.4 is 4.74 Å². The molecule has 0 heterocycles. The van der Waals surface area contributed by atoms with E-state index in [1.54, 1.807) is 37.3 Å². The number of hydrogen-bond donors (Lipinski definition) is 0. The third kappa shape index (κ3) is 8.14. The van der Waals surface area contributed by atoms with Crippen LogP contribution in [0.4, 0.5) is 0 Å². The number of rotatable bonds is 12. The Hall–Kier alpha value is -3.21. The zero-order valence-electron chi connectivity index (χ0n) is 17.3. The first-order valence-electron chi connectivity index (χ1n) is 9.70. The van der Waals surface area contributed by atoms with Crippen LogP contribution in [0, 0.1) is 10.1 Å². The number of alkyl halides is 1. The lowest BCUT2D eigenvalue weighted by Crippen LogP contribution is -2.20. The van der Waals surface area contributed by atoms with Gasteiger partial charge in [-0.2, -0.15) is 0 Å². The van der Waals surface area contributed by atoms with Gasteiger partial charge in [0.2, 0.25) is 0 Å². The van der Waals surface area contributed by atoms with Gasteiger partial charge in [0.15, 0.2) is 6.61 Å². The predicted molar refractivity (Wildman–Crippen MR) is 116 cm³/mol. The van der Waals surface area contributed by atoms with E-state index in [2.05, 4.69) is 20.8 Å². The van der Waals surface area contributed by atoms with Gasteiger partial charge in [0, 0.05) is 0 Å². The number of nitrogens with zero attached hydrogens (tertiary/aromatic N) is 1. The third-order valence-corrected chi connectivity index (χ3v) is 4.82. The molecule has 0 radical (unpaired) electrons. The Labute approximate surface area is 192 Å². The van der Waals surface area contributed by atoms with Gasteiger partial charge in [0.1, 0.15) is 11.1 Å². The van der Waals surface area contributed by atoms with Crippen LogP contribution in [0.25, 0.3) is 10.8 Å². The van der Waals surface area contributed by atoms with Gasteiger partial charge in [-0.3, -0.25) is 9.59 Å². The highest BCUT2D eigenvalue weighted by Gasteiger charge is 2.19. The summed E-state index contributed by atoms with van der Waals surface area (Å²) < 4.78 is 15.1. The molecular formula is C21H22BrNO9. The van der Waals surface area contributed by atoms with Crippen molar-refractivity contribution in [3.8, 4) is 5.75 Å². The smallest absolute Gasteiger partial charge is 0.344 e. The van der Waals surface area contributed by atoms with Gasteiger partial charge in [-0.05, 0) is 48.2 Å². The fourth-order valence-corrected chi connectivity index (χ4v) is 2.81. The molecular weight excluding hydrogens is 490 g/mol. The number of carbonyl (C=O) groups is 3. The van der Waals surface area contributed by atoms with Crippen molar-refractivity contribution in [1.82, 2.24) is 0 Å². The Morgan fingerprint density at radius 3 is 2.41 bits per heavy atom. The Morgan fingerprint density at radius 2 is 1.69 bits per heavy atom. The monoisotopic (exact) mass is 511 g/mol. The lowest BCUT2D eigenvalue weighted by atomic mass is 9.98. The van der Waals surface area contributed by atoms with Crippen molar-refractivity contribution in [1.29, 1.82) is 0 Å². The summed E-state index contributed by atoms with van der Waals surface area (Å²) in [5.74, 6) is -1.88. The molecule has 1 atom stereocenters. The van der Waals surface area contributed by atoms with Crippen molar-refractivity contribution in [2.75, 3.05) is 25.2 Å². The Kier molecular flexibility index (Phi) is 9.86. The van der Waals surface area contributed by atoms with E-state index in [1.165, 1.54) is 0 Å². The number of fused-ring (bicyclic) bond motifs is 1. The molecule has 0 aliphatic rings. The molecule has 0 saturated carbocycles. The number of unbranched alkanes of at least 4 members (excludes halogenated alkanes) is 1. The van der Waals surface area contributed by atoms with Gasteiger partial charge in [-0.15, -0.1) is 10.1 Å². The molecule has 1 unspecified atom stereocenters. The van der Waals surface area contributed by atoms with E-state index >= 15 is 0 Å². The Morgan fingerprint density at radius 1 is 1.00 bits per heavy atom. The first-order chi connectivity index (χ1) is 15.3. The average Bonchev–Trinajstić information content (AvgIpc) is 2.78. The predicted octanol–water partition coefficient (Wildman–Crippen LogP) is 3.32. The van der Waals surface area contributed by atoms with Gasteiger partial charge in [0.25, 0.3) is 5.09 Å². The molecule has 10 nitrogen and oxygen atoms in total. The van der Waals surface area contributed by atoms with Crippen molar-refractivity contribution in [2.45, 2.75) is 25.7 Å². The van der Waals surface area contributed by atoms with E-state index in [0.29, 0.717) is 24.2 Å². The van der Waals surface area contributed by atoms with E-state index in [0.717, 1.165) is 10.8 Å². The maximum absolute atomic E-state index is 12.3. The van der Waals surface area contributed by atoms with Crippen LogP contribution in [0.15, 0.2) is 36.4 Å². The molecule has 0 saturated heterocycles. The van der Waals surface area contributed by atoms with Gasteiger partial charge in [-0.1, -0.05) is 40.2 Å². The summed E-state index contributed by atoms with van der Waals surface area (Å²) in [5, 5.41) is 10.9. The highest BCUT2D eigenvalue weighted by molar-refractivity contribution is 9.09. The Bertz CT molecular complexity index is 979. The van der Waals surface area contributed by atoms with Crippen molar-refractivity contribution >= 4 is 44.6 Å². The summed E-state index contributed by atoms with van der Waals surface area (Å²) in [5.41, 5.74) is 0.701. The fourth-order valence-electron chi connectivity index (χ4n) is 2.70. The second-order valence-electron chi connectivity index (χ2n) is 6.69. The minimum absolute atomic E-state index is 0.0463. The van der Waals surface area contributed by atoms with E-state index in [-0.39, 0.29) is 18.5 Å². The first kappa shape index (κ1) is 25.1. The van der Waals surface area contributed by atoms with Crippen LogP contribution in [-0.2, 0) is 28.7 Å². The summed E-state index contributed by atoms with van der Waals surface area (Å²) in [6, 6.07) is 10.5. The quantitative estimate of drug-likeness (QED) is 0.105. The highest BCUT2D eigenvalue weighted by Crippen LogP contribution is 2.26. The van der Waals surface area contributed by atoms with Gasteiger partial charge in [-0.25, -0.2) is 4.79 Å². The van der Waals surface area contributed by atoms with E-state index in [1.807, 2.05) is 6.07 Å². The molecule has 32 heavy (non-hydrogen) atoms. The minimum Gasteiger partial charge on any atom is -0.463 e. The number of halogens is 1. The first-order valence-corrected chi connectivity index (χ1v) is 10.8. The molecule has 0 bridgehead atoms. The van der Waals surface area contributed by atoms with Crippen LogP contribution in [0.1, 0.15) is 31.2 Å². The number of ether oxygens (including phenoxy) is 3. The highest BCUT2D eigenvalue weighted by atomic mass is 79.9. The molecule has 2 rings (SSSR count). The van der Waals surface area contributed by atoms with Crippen molar-refractivity contribution in [2.24, 2.45) is 0 Å². The van der Waals surface area contributed by atoms with E-state index < -0.39 is 35.5 Å². The van der Waals surface area contributed by atoms with Crippen LogP contribution in [0.3, 0.4) is 0 Å². The maximum atomic E-state index is 12.3. The summed E-state index contributed by atoms with van der Waals surface area (Å²) in [4.78, 5) is 49.5. The van der Waals surface area contributed by atoms with E-state index in [4.69, 9.17) is 14.2 Å². The molecule has 172 valence electrons. The summed E-state index contributed by atoms with van der Waals surface area (Å²) in [6.45, 7) is 1.11. The Balaban J connectivity index is 1.82. The lowest BCUT2D eigenvalue weighted by molar-refractivity contribution is -0.757.